The Bertz CT molecular complexity index is 337. The molecular formula is C10H16N2O4. The van der Waals surface area contributed by atoms with Crippen molar-refractivity contribution in [2.24, 2.45) is 0 Å². The minimum atomic E-state index is -1.08. The number of aliphatic hydroxyl groups is 1. The van der Waals surface area contributed by atoms with E-state index < -0.39 is 12.1 Å². The molecule has 0 aliphatic heterocycles. The van der Waals surface area contributed by atoms with Crippen molar-refractivity contribution in [2.45, 2.75) is 26.0 Å². The number of ether oxygens (including phenoxy) is 1. The highest BCUT2D eigenvalue weighted by Crippen LogP contribution is 2.17. The molecule has 1 heterocycles. The molecule has 0 saturated heterocycles. The van der Waals surface area contributed by atoms with Crippen LogP contribution in [0.2, 0.25) is 0 Å². The lowest BCUT2D eigenvalue weighted by atomic mass is 10.2. The second-order valence-electron chi connectivity index (χ2n) is 3.32. The fraction of sp³-hybridized carbons (Fsp3) is 0.600. The van der Waals surface area contributed by atoms with Gasteiger partial charge >= 0.3 is 5.97 Å². The van der Waals surface area contributed by atoms with Gasteiger partial charge in [-0.2, -0.15) is 0 Å². The lowest BCUT2D eigenvalue weighted by Gasteiger charge is -2.14. The number of aromatic nitrogens is 2. The van der Waals surface area contributed by atoms with Gasteiger partial charge in [0, 0.05) is 6.54 Å². The predicted octanol–water partition coefficient (Wildman–Crippen LogP) is 0.428. The van der Waals surface area contributed by atoms with Crippen LogP contribution >= 0.6 is 0 Å². The smallest absolute Gasteiger partial charge is 0.339 e. The Balaban J connectivity index is 2.83. The van der Waals surface area contributed by atoms with Gasteiger partial charge in [-0.3, -0.25) is 0 Å². The van der Waals surface area contributed by atoms with E-state index in [1.54, 1.807) is 10.9 Å². The Kier molecular flexibility index (Phi) is 4.94. The maximum atomic E-state index is 11.0. The normalized spacial score (nSPS) is 12.6. The quantitative estimate of drug-likeness (QED) is 0.706. The third-order valence-corrected chi connectivity index (χ3v) is 2.08. The van der Waals surface area contributed by atoms with Crippen LogP contribution in [0.1, 0.15) is 25.1 Å². The molecule has 1 atom stereocenters. The van der Waals surface area contributed by atoms with E-state index >= 15 is 0 Å². The van der Waals surface area contributed by atoms with Gasteiger partial charge in [-0.05, 0) is 6.42 Å². The first kappa shape index (κ1) is 12.7. The number of nitrogens with zero attached hydrogens (tertiary/aromatic N) is 2. The Hall–Kier alpha value is -1.40. The lowest BCUT2D eigenvalue weighted by molar-refractivity contribution is -0.152. The third kappa shape index (κ3) is 3.04. The molecule has 1 rings (SSSR count). The molecule has 1 aromatic rings. The van der Waals surface area contributed by atoms with Crippen molar-refractivity contribution in [3.05, 3.63) is 18.2 Å². The first-order valence-electron chi connectivity index (χ1n) is 5.16. The van der Waals surface area contributed by atoms with E-state index in [2.05, 4.69) is 4.98 Å². The van der Waals surface area contributed by atoms with E-state index in [0.717, 1.165) is 6.42 Å². The lowest BCUT2D eigenvalue weighted by Crippen LogP contribution is -2.20. The number of aryl methyl sites for hydroxylation is 1. The second kappa shape index (κ2) is 6.24. The minimum Gasteiger partial charge on any atom is -0.479 e. The van der Waals surface area contributed by atoms with Crippen LogP contribution in [0.15, 0.2) is 12.5 Å². The molecule has 90 valence electrons. The first-order valence-corrected chi connectivity index (χ1v) is 5.16. The van der Waals surface area contributed by atoms with Crippen molar-refractivity contribution in [3.8, 4) is 0 Å². The van der Waals surface area contributed by atoms with Crippen molar-refractivity contribution < 1.29 is 19.7 Å². The molecule has 0 saturated carbocycles. The van der Waals surface area contributed by atoms with E-state index in [-0.39, 0.29) is 13.2 Å². The fourth-order valence-corrected chi connectivity index (χ4v) is 1.43. The van der Waals surface area contributed by atoms with Crippen molar-refractivity contribution >= 4 is 5.97 Å². The summed E-state index contributed by atoms with van der Waals surface area (Å²) in [5, 5.41) is 17.6. The van der Waals surface area contributed by atoms with Crippen molar-refractivity contribution in [3.63, 3.8) is 0 Å². The van der Waals surface area contributed by atoms with Crippen LogP contribution in [0.5, 0.6) is 0 Å². The Morgan fingerprint density at radius 1 is 1.69 bits per heavy atom. The number of rotatable bonds is 7. The van der Waals surface area contributed by atoms with Gasteiger partial charge in [-0.25, -0.2) is 9.78 Å². The molecule has 0 fully saturated rings. The largest absolute Gasteiger partial charge is 0.479 e. The average molecular weight is 228 g/mol. The summed E-state index contributed by atoms with van der Waals surface area (Å²) in [6.45, 7) is 2.48. The summed E-state index contributed by atoms with van der Waals surface area (Å²) < 4.78 is 6.82. The minimum absolute atomic E-state index is 0.00568. The van der Waals surface area contributed by atoms with Gasteiger partial charge in [0.15, 0.2) is 6.10 Å². The molecule has 0 aromatic carbocycles. The Morgan fingerprint density at radius 2 is 2.44 bits per heavy atom. The highest BCUT2D eigenvalue weighted by Gasteiger charge is 2.23. The maximum Gasteiger partial charge on any atom is 0.339 e. The van der Waals surface area contributed by atoms with Gasteiger partial charge in [0.05, 0.1) is 31.4 Å². The molecule has 6 heteroatoms. The molecule has 0 amide bonds. The first-order chi connectivity index (χ1) is 7.70. The molecule has 0 aliphatic rings. The van der Waals surface area contributed by atoms with Crippen LogP contribution in [-0.4, -0.2) is 38.9 Å². The summed E-state index contributed by atoms with van der Waals surface area (Å²) in [6.07, 6.45) is 2.87. The molecule has 0 bridgehead atoms. The number of carboxylic acid groups (broad SMARTS) is 1. The second-order valence-corrected chi connectivity index (χ2v) is 3.32. The van der Waals surface area contributed by atoms with Gasteiger partial charge in [0.2, 0.25) is 0 Å². The number of hydrogen-bond acceptors (Lipinski definition) is 4. The molecule has 0 aliphatic carbocycles. The van der Waals surface area contributed by atoms with E-state index in [9.17, 15) is 4.79 Å². The van der Waals surface area contributed by atoms with Gasteiger partial charge in [0.1, 0.15) is 0 Å². The number of carbonyl (C=O) groups is 1. The highest BCUT2D eigenvalue weighted by atomic mass is 16.5. The van der Waals surface area contributed by atoms with Crippen LogP contribution in [0.3, 0.4) is 0 Å². The van der Waals surface area contributed by atoms with Crippen LogP contribution in [0.25, 0.3) is 0 Å². The van der Waals surface area contributed by atoms with E-state index in [0.29, 0.717) is 12.2 Å². The standard InChI is InChI=1S/C10H16N2O4/c1-2-3-12-7-11-6-8(12)9(10(14)15)16-5-4-13/h6-7,9,13H,2-5H2,1H3,(H,14,15). The number of aliphatic hydroxyl groups excluding tert-OH is 1. The summed E-state index contributed by atoms with van der Waals surface area (Å²) in [6, 6.07) is 0. The topological polar surface area (TPSA) is 84.6 Å². The Labute approximate surface area is 93.5 Å². The predicted molar refractivity (Wildman–Crippen MR) is 55.9 cm³/mol. The summed E-state index contributed by atoms with van der Waals surface area (Å²) >= 11 is 0. The van der Waals surface area contributed by atoms with E-state index in [4.69, 9.17) is 14.9 Å². The van der Waals surface area contributed by atoms with Crippen molar-refractivity contribution in [2.75, 3.05) is 13.2 Å². The molecular weight excluding hydrogens is 212 g/mol. The molecule has 16 heavy (non-hydrogen) atoms. The number of imidazole rings is 1. The van der Waals surface area contributed by atoms with Crippen LogP contribution in [-0.2, 0) is 16.1 Å². The number of hydrogen-bond donors (Lipinski definition) is 2. The summed E-state index contributed by atoms with van der Waals surface area (Å²) in [5.41, 5.74) is 0.503. The monoisotopic (exact) mass is 228 g/mol. The number of carboxylic acids is 1. The molecule has 0 radical (unpaired) electrons. The van der Waals surface area contributed by atoms with Crippen molar-refractivity contribution in [1.82, 2.24) is 9.55 Å². The van der Waals surface area contributed by atoms with Crippen LogP contribution in [0, 0.1) is 0 Å². The zero-order valence-electron chi connectivity index (χ0n) is 9.17. The molecule has 2 N–H and O–H groups in total. The molecule has 1 unspecified atom stereocenters. The molecule has 1 aromatic heterocycles. The zero-order valence-corrected chi connectivity index (χ0v) is 9.17. The summed E-state index contributed by atoms with van der Waals surface area (Å²) in [5.74, 6) is -1.08. The van der Waals surface area contributed by atoms with Crippen LogP contribution in [0.4, 0.5) is 0 Å². The molecule has 0 spiro atoms. The van der Waals surface area contributed by atoms with E-state index in [1.165, 1.54) is 6.20 Å². The van der Waals surface area contributed by atoms with Crippen molar-refractivity contribution in [1.29, 1.82) is 0 Å². The number of aliphatic carboxylic acids is 1. The van der Waals surface area contributed by atoms with Gasteiger partial charge < -0.3 is 19.5 Å². The maximum absolute atomic E-state index is 11.0. The SMILES string of the molecule is CCCn1cncc1C(OCCO)C(=O)O. The average Bonchev–Trinajstić information content (AvgIpc) is 2.67. The highest BCUT2D eigenvalue weighted by molar-refractivity contribution is 5.73. The zero-order chi connectivity index (χ0) is 12.0. The van der Waals surface area contributed by atoms with Crippen LogP contribution < -0.4 is 0 Å². The van der Waals surface area contributed by atoms with Gasteiger partial charge in [-0.15, -0.1) is 0 Å². The van der Waals surface area contributed by atoms with Gasteiger partial charge in [-0.1, -0.05) is 6.92 Å². The third-order valence-electron chi connectivity index (χ3n) is 2.08. The summed E-state index contributed by atoms with van der Waals surface area (Å²) in [4.78, 5) is 14.9. The molecule has 6 nitrogen and oxygen atoms in total. The Morgan fingerprint density at radius 3 is 3.00 bits per heavy atom. The fourth-order valence-electron chi connectivity index (χ4n) is 1.43. The van der Waals surface area contributed by atoms with Gasteiger partial charge in [0.25, 0.3) is 0 Å². The van der Waals surface area contributed by atoms with E-state index in [1.807, 2.05) is 6.92 Å². The summed E-state index contributed by atoms with van der Waals surface area (Å²) in [7, 11) is 0.